The van der Waals surface area contributed by atoms with Gasteiger partial charge in [-0.25, -0.2) is 0 Å². The highest BCUT2D eigenvalue weighted by Crippen LogP contribution is 2.21. The predicted molar refractivity (Wildman–Crippen MR) is 104 cm³/mol. The van der Waals surface area contributed by atoms with Crippen LogP contribution < -0.4 is 5.32 Å². The fourth-order valence-electron chi connectivity index (χ4n) is 2.89. The molecule has 8 nitrogen and oxygen atoms in total. The van der Waals surface area contributed by atoms with Crippen molar-refractivity contribution in [3.05, 3.63) is 64.7 Å². The number of nitrogens with one attached hydrogen (secondary N) is 1. The van der Waals surface area contributed by atoms with Gasteiger partial charge in [0, 0.05) is 6.20 Å². The molecule has 1 aromatic carbocycles. The van der Waals surface area contributed by atoms with Gasteiger partial charge in [-0.3, -0.25) is 19.0 Å². The number of aliphatic carboxylic acids is 1. The number of carboxylic acids is 1. The molecule has 0 atom stereocenters. The molecular formula is C20H23N5O3. The lowest BCUT2D eigenvalue weighted by Crippen LogP contribution is -2.15. The molecule has 0 saturated heterocycles. The second-order valence-electron chi connectivity index (χ2n) is 6.75. The van der Waals surface area contributed by atoms with Gasteiger partial charge in [0.05, 0.1) is 36.6 Å². The van der Waals surface area contributed by atoms with E-state index in [0.29, 0.717) is 12.2 Å². The van der Waals surface area contributed by atoms with Crippen molar-refractivity contribution in [1.82, 2.24) is 19.6 Å². The van der Waals surface area contributed by atoms with E-state index in [0.717, 1.165) is 17.0 Å². The quantitative estimate of drug-likeness (QED) is 0.655. The Balaban J connectivity index is 1.72. The minimum atomic E-state index is -0.909. The van der Waals surface area contributed by atoms with Crippen LogP contribution in [0, 0.1) is 20.8 Å². The van der Waals surface area contributed by atoms with Crippen molar-refractivity contribution in [1.29, 1.82) is 0 Å². The molecule has 3 rings (SSSR count). The molecule has 2 heterocycles. The third kappa shape index (κ3) is 4.46. The van der Waals surface area contributed by atoms with Crippen LogP contribution in [-0.2, 0) is 17.9 Å². The maximum absolute atomic E-state index is 12.5. The van der Waals surface area contributed by atoms with Gasteiger partial charge in [0.2, 0.25) is 0 Å². The summed E-state index contributed by atoms with van der Waals surface area (Å²) in [6, 6.07) is 9.81. The highest BCUT2D eigenvalue weighted by atomic mass is 16.4. The number of aryl methyl sites for hydroxylation is 3. The first-order chi connectivity index (χ1) is 13.3. The molecule has 146 valence electrons. The van der Waals surface area contributed by atoms with E-state index < -0.39 is 5.97 Å². The van der Waals surface area contributed by atoms with Crippen LogP contribution >= 0.6 is 0 Å². The largest absolute Gasteiger partial charge is 0.481 e. The normalized spacial score (nSPS) is 10.8. The number of amides is 1. The second kappa shape index (κ2) is 8.08. The molecule has 2 aromatic heterocycles. The second-order valence-corrected chi connectivity index (χ2v) is 6.75. The summed E-state index contributed by atoms with van der Waals surface area (Å²) in [5.41, 5.74) is 4.81. The summed E-state index contributed by atoms with van der Waals surface area (Å²) in [5, 5.41) is 20.3. The van der Waals surface area contributed by atoms with Crippen LogP contribution in [0.4, 0.5) is 5.69 Å². The van der Waals surface area contributed by atoms with Crippen LogP contribution in [0.1, 0.15) is 39.4 Å². The summed E-state index contributed by atoms with van der Waals surface area (Å²) in [4.78, 5) is 23.2. The Morgan fingerprint density at radius 1 is 1.07 bits per heavy atom. The topological polar surface area (TPSA) is 102 Å². The van der Waals surface area contributed by atoms with Crippen molar-refractivity contribution in [2.24, 2.45) is 0 Å². The molecule has 0 bridgehead atoms. The van der Waals surface area contributed by atoms with Crippen LogP contribution in [0.3, 0.4) is 0 Å². The number of hydrogen-bond acceptors (Lipinski definition) is 4. The average Bonchev–Trinajstić information content (AvgIpc) is 3.22. The Morgan fingerprint density at radius 2 is 1.79 bits per heavy atom. The van der Waals surface area contributed by atoms with E-state index >= 15 is 0 Å². The molecule has 0 spiro atoms. The van der Waals surface area contributed by atoms with Gasteiger partial charge >= 0.3 is 5.97 Å². The number of benzene rings is 1. The first-order valence-electron chi connectivity index (χ1n) is 8.99. The van der Waals surface area contributed by atoms with E-state index in [-0.39, 0.29) is 24.6 Å². The van der Waals surface area contributed by atoms with Gasteiger partial charge < -0.3 is 10.4 Å². The molecule has 0 unspecified atom stereocenters. The fourth-order valence-corrected chi connectivity index (χ4v) is 2.89. The number of hydrogen-bond donors (Lipinski definition) is 2. The lowest BCUT2D eigenvalue weighted by atomic mass is 10.1. The third-order valence-corrected chi connectivity index (χ3v) is 4.50. The van der Waals surface area contributed by atoms with Crippen LogP contribution in [0.15, 0.2) is 36.5 Å². The van der Waals surface area contributed by atoms with Gasteiger partial charge in [0.1, 0.15) is 0 Å². The molecule has 0 aliphatic rings. The van der Waals surface area contributed by atoms with Crippen LogP contribution in [0.25, 0.3) is 0 Å². The summed E-state index contributed by atoms with van der Waals surface area (Å²) in [5.74, 6) is -1.26. The zero-order chi connectivity index (χ0) is 20.3. The predicted octanol–water partition coefficient (Wildman–Crippen LogP) is 2.78. The average molecular weight is 381 g/mol. The maximum Gasteiger partial charge on any atom is 0.305 e. The van der Waals surface area contributed by atoms with Crippen molar-refractivity contribution in [3.8, 4) is 0 Å². The SMILES string of the molecule is Cc1ccc(Cn2nc(C)c(NC(=O)c3ccn(CCC(=O)O)n3)c2C)cc1. The molecule has 1 amide bonds. The Morgan fingerprint density at radius 3 is 2.46 bits per heavy atom. The zero-order valence-corrected chi connectivity index (χ0v) is 16.1. The van der Waals surface area contributed by atoms with Crippen LogP contribution in [0.2, 0.25) is 0 Å². The van der Waals surface area contributed by atoms with E-state index in [1.165, 1.54) is 10.2 Å². The number of carbonyl (C=O) groups excluding carboxylic acids is 1. The summed E-state index contributed by atoms with van der Waals surface area (Å²) in [7, 11) is 0. The van der Waals surface area contributed by atoms with Crippen molar-refractivity contribution >= 4 is 17.6 Å². The van der Waals surface area contributed by atoms with Gasteiger partial charge in [-0.1, -0.05) is 29.8 Å². The minimum Gasteiger partial charge on any atom is -0.481 e. The van der Waals surface area contributed by atoms with Gasteiger partial charge in [0.25, 0.3) is 5.91 Å². The van der Waals surface area contributed by atoms with E-state index in [1.54, 1.807) is 12.3 Å². The Kier molecular flexibility index (Phi) is 5.58. The van der Waals surface area contributed by atoms with Gasteiger partial charge in [-0.2, -0.15) is 10.2 Å². The third-order valence-electron chi connectivity index (χ3n) is 4.50. The highest BCUT2D eigenvalue weighted by Gasteiger charge is 2.17. The molecule has 28 heavy (non-hydrogen) atoms. The molecule has 2 N–H and O–H groups in total. The van der Waals surface area contributed by atoms with Crippen LogP contribution in [-0.4, -0.2) is 36.5 Å². The summed E-state index contributed by atoms with van der Waals surface area (Å²) in [6.07, 6.45) is 1.55. The zero-order valence-electron chi connectivity index (χ0n) is 16.1. The van der Waals surface area contributed by atoms with Gasteiger partial charge in [0.15, 0.2) is 5.69 Å². The number of carbonyl (C=O) groups is 2. The number of aromatic nitrogens is 4. The number of anilines is 1. The molecule has 8 heteroatoms. The number of nitrogens with zero attached hydrogens (tertiary/aromatic N) is 4. The summed E-state index contributed by atoms with van der Waals surface area (Å²) < 4.78 is 3.31. The van der Waals surface area contributed by atoms with E-state index in [1.807, 2.05) is 25.5 Å². The van der Waals surface area contributed by atoms with Crippen molar-refractivity contribution in [2.75, 3.05) is 5.32 Å². The maximum atomic E-state index is 12.5. The summed E-state index contributed by atoms with van der Waals surface area (Å²) >= 11 is 0. The molecule has 0 aliphatic carbocycles. The lowest BCUT2D eigenvalue weighted by Gasteiger charge is -2.07. The van der Waals surface area contributed by atoms with Crippen molar-refractivity contribution in [2.45, 2.75) is 40.3 Å². The van der Waals surface area contributed by atoms with Crippen molar-refractivity contribution in [3.63, 3.8) is 0 Å². The van der Waals surface area contributed by atoms with Gasteiger partial charge in [-0.15, -0.1) is 0 Å². The molecule has 0 fully saturated rings. The van der Waals surface area contributed by atoms with Gasteiger partial charge in [-0.05, 0) is 32.4 Å². The number of rotatable bonds is 7. The first kappa shape index (κ1) is 19.3. The standard InChI is InChI=1S/C20H23N5O3/c1-13-4-6-16(7-5-13)12-25-15(3)19(14(2)22-25)21-20(28)17-8-10-24(23-17)11-9-18(26)27/h4-8,10H,9,11-12H2,1-3H3,(H,21,28)(H,26,27). The Hall–Kier alpha value is -3.42. The Labute approximate surface area is 162 Å². The lowest BCUT2D eigenvalue weighted by molar-refractivity contribution is -0.137. The Bertz CT molecular complexity index is 1000. The van der Waals surface area contributed by atoms with Crippen LogP contribution in [0.5, 0.6) is 0 Å². The van der Waals surface area contributed by atoms with Crippen molar-refractivity contribution < 1.29 is 14.7 Å². The smallest absolute Gasteiger partial charge is 0.305 e. The monoisotopic (exact) mass is 381 g/mol. The van der Waals surface area contributed by atoms with E-state index in [4.69, 9.17) is 5.11 Å². The minimum absolute atomic E-state index is 0.0489. The molecule has 0 radical (unpaired) electrons. The summed E-state index contributed by atoms with van der Waals surface area (Å²) in [6.45, 7) is 6.64. The molecular weight excluding hydrogens is 358 g/mol. The van der Waals surface area contributed by atoms with E-state index in [9.17, 15) is 9.59 Å². The molecule has 3 aromatic rings. The fraction of sp³-hybridized carbons (Fsp3) is 0.300. The highest BCUT2D eigenvalue weighted by molar-refractivity contribution is 6.03. The molecule has 0 aliphatic heterocycles. The first-order valence-corrected chi connectivity index (χ1v) is 8.99. The number of carboxylic acid groups (broad SMARTS) is 1. The molecule has 0 saturated carbocycles. The van der Waals surface area contributed by atoms with E-state index in [2.05, 4.69) is 39.8 Å².